The van der Waals surface area contributed by atoms with E-state index < -0.39 is 23.2 Å². The number of carbonyl (C=O) groups excluding carboxylic acids is 1. The molecule has 4 nitrogen and oxygen atoms in total. The van der Waals surface area contributed by atoms with Crippen LogP contribution in [0.4, 0.5) is 5.69 Å². The molecule has 1 amide bonds. The maximum atomic E-state index is 12.1. The third kappa shape index (κ3) is 2.55. The van der Waals surface area contributed by atoms with Crippen molar-refractivity contribution in [1.29, 1.82) is 0 Å². The van der Waals surface area contributed by atoms with Gasteiger partial charge >= 0.3 is 5.97 Å². The molecule has 0 bridgehead atoms. The molecular weight excluding hydrogens is 289 g/mol. The Bertz CT molecular complexity index is 557. The van der Waals surface area contributed by atoms with E-state index in [1.165, 1.54) is 6.07 Å². The Balaban J connectivity index is 2.13. The number of nitrogens with one attached hydrogen (secondary N) is 1. The van der Waals surface area contributed by atoms with Crippen LogP contribution >= 0.6 is 23.2 Å². The van der Waals surface area contributed by atoms with Gasteiger partial charge in [0.2, 0.25) is 5.91 Å². The smallest absolute Gasteiger partial charge is 0.307 e. The van der Waals surface area contributed by atoms with Gasteiger partial charge in [0.25, 0.3) is 0 Å². The number of amides is 1. The minimum atomic E-state index is -0.952. The molecule has 0 unspecified atom stereocenters. The lowest BCUT2D eigenvalue weighted by atomic mass is 10.1. The Morgan fingerprint density at radius 3 is 2.37 bits per heavy atom. The number of hydrogen-bond donors (Lipinski definition) is 2. The third-order valence-corrected chi connectivity index (χ3v) is 4.11. The molecule has 0 spiro atoms. The Kier molecular flexibility index (Phi) is 3.49. The number of halogens is 2. The number of carboxylic acid groups (broad SMARTS) is 1. The lowest BCUT2D eigenvalue weighted by Gasteiger charge is -2.08. The molecule has 1 aromatic rings. The zero-order chi connectivity index (χ0) is 14.4. The van der Waals surface area contributed by atoms with Crippen molar-refractivity contribution >= 4 is 40.8 Å². The lowest BCUT2D eigenvalue weighted by Crippen LogP contribution is -2.17. The summed E-state index contributed by atoms with van der Waals surface area (Å²) in [5, 5.41) is 12.5. The molecule has 0 aliphatic heterocycles. The lowest BCUT2D eigenvalue weighted by molar-refractivity contribution is -0.140. The molecule has 1 saturated carbocycles. The average Bonchev–Trinajstić information content (AvgIpc) is 2.86. The Hall–Kier alpha value is -1.26. The first-order valence-corrected chi connectivity index (χ1v) is 6.49. The zero-order valence-electron chi connectivity index (χ0n) is 10.4. The van der Waals surface area contributed by atoms with Gasteiger partial charge in [0.05, 0.1) is 22.5 Å². The van der Waals surface area contributed by atoms with Gasteiger partial charge in [-0.2, -0.15) is 0 Å². The fourth-order valence-corrected chi connectivity index (χ4v) is 2.85. The molecule has 1 aromatic carbocycles. The number of rotatable bonds is 3. The standard InChI is InChI=1S/C13H13Cl2NO3/c1-13(2)9(10(13)12(18)19)11(17)16-8-4-3-6(14)5-7(8)15/h3-5,9-10H,1-2H3,(H,16,17)(H,18,19)/t9-,10+/m1/s1. The summed E-state index contributed by atoms with van der Waals surface area (Å²) in [6, 6.07) is 4.72. The number of benzene rings is 1. The van der Waals surface area contributed by atoms with Crippen LogP contribution in [0.2, 0.25) is 10.0 Å². The quantitative estimate of drug-likeness (QED) is 0.900. The van der Waals surface area contributed by atoms with E-state index in [0.29, 0.717) is 15.7 Å². The SMILES string of the molecule is CC1(C)[C@H](C(=O)O)[C@@H]1C(=O)Nc1ccc(Cl)cc1Cl. The van der Waals surface area contributed by atoms with Crippen LogP contribution in [0.15, 0.2) is 18.2 Å². The van der Waals surface area contributed by atoms with Crippen LogP contribution in [0, 0.1) is 17.3 Å². The summed E-state index contributed by atoms with van der Waals surface area (Å²) in [7, 11) is 0. The Morgan fingerprint density at radius 1 is 1.26 bits per heavy atom. The van der Waals surface area contributed by atoms with Crippen molar-refractivity contribution < 1.29 is 14.7 Å². The van der Waals surface area contributed by atoms with Crippen molar-refractivity contribution in [3.63, 3.8) is 0 Å². The van der Waals surface area contributed by atoms with E-state index in [0.717, 1.165) is 0 Å². The number of carboxylic acids is 1. The predicted molar refractivity (Wildman–Crippen MR) is 73.5 cm³/mol. The first kappa shape index (κ1) is 14.2. The topological polar surface area (TPSA) is 66.4 Å². The first-order chi connectivity index (χ1) is 8.75. The minimum absolute atomic E-state index is 0.325. The normalized spacial score (nSPS) is 23.8. The molecule has 2 N–H and O–H groups in total. The molecule has 1 aliphatic carbocycles. The van der Waals surface area contributed by atoms with Crippen molar-refractivity contribution in [2.24, 2.45) is 17.3 Å². The van der Waals surface area contributed by atoms with Crippen LogP contribution in [0.1, 0.15) is 13.8 Å². The summed E-state index contributed by atoms with van der Waals surface area (Å²) < 4.78 is 0. The summed E-state index contributed by atoms with van der Waals surface area (Å²) in [5.74, 6) is -2.48. The van der Waals surface area contributed by atoms with Crippen molar-refractivity contribution in [1.82, 2.24) is 0 Å². The molecule has 2 atom stereocenters. The van der Waals surface area contributed by atoms with Crippen molar-refractivity contribution in [3.8, 4) is 0 Å². The predicted octanol–water partition coefficient (Wildman–Crippen LogP) is 3.29. The van der Waals surface area contributed by atoms with Crippen LogP contribution in [0.3, 0.4) is 0 Å². The van der Waals surface area contributed by atoms with Gasteiger partial charge in [0.15, 0.2) is 0 Å². The van der Waals surface area contributed by atoms with Gasteiger partial charge in [-0.15, -0.1) is 0 Å². The van der Waals surface area contributed by atoms with Gasteiger partial charge in [-0.25, -0.2) is 0 Å². The first-order valence-electron chi connectivity index (χ1n) is 5.74. The van der Waals surface area contributed by atoms with Crippen molar-refractivity contribution in [2.75, 3.05) is 5.32 Å². The second kappa shape index (κ2) is 4.69. The van der Waals surface area contributed by atoms with E-state index in [2.05, 4.69) is 5.32 Å². The van der Waals surface area contributed by atoms with Crippen LogP contribution < -0.4 is 5.32 Å². The average molecular weight is 302 g/mol. The molecule has 102 valence electrons. The van der Waals surface area contributed by atoms with E-state index >= 15 is 0 Å². The number of carbonyl (C=O) groups is 2. The monoisotopic (exact) mass is 301 g/mol. The summed E-state index contributed by atoms with van der Waals surface area (Å²) in [4.78, 5) is 23.1. The zero-order valence-corrected chi connectivity index (χ0v) is 11.9. The molecule has 0 saturated heterocycles. The van der Waals surface area contributed by atoms with Gasteiger partial charge < -0.3 is 10.4 Å². The van der Waals surface area contributed by atoms with Crippen molar-refractivity contribution in [3.05, 3.63) is 28.2 Å². The minimum Gasteiger partial charge on any atom is -0.481 e. The van der Waals surface area contributed by atoms with Gasteiger partial charge in [0.1, 0.15) is 0 Å². The highest BCUT2D eigenvalue weighted by Crippen LogP contribution is 2.58. The van der Waals surface area contributed by atoms with E-state index in [9.17, 15) is 9.59 Å². The van der Waals surface area contributed by atoms with Gasteiger partial charge in [-0.1, -0.05) is 37.0 Å². The van der Waals surface area contributed by atoms with E-state index in [1.54, 1.807) is 26.0 Å². The fourth-order valence-electron chi connectivity index (χ4n) is 2.39. The highest BCUT2D eigenvalue weighted by Gasteiger charge is 2.65. The second-order valence-corrected chi connectivity index (χ2v) is 6.07. The molecule has 19 heavy (non-hydrogen) atoms. The molecule has 0 heterocycles. The Labute approximate surface area is 120 Å². The number of hydrogen-bond acceptors (Lipinski definition) is 2. The summed E-state index contributed by atoms with van der Waals surface area (Å²) in [6.45, 7) is 3.53. The fraction of sp³-hybridized carbons (Fsp3) is 0.385. The highest BCUT2D eigenvalue weighted by atomic mass is 35.5. The van der Waals surface area contributed by atoms with Gasteiger partial charge in [-0.05, 0) is 23.6 Å². The second-order valence-electron chi connectivity index (χ2n) is 5.23. The number of anilines is 1. The molecular formula is C13H13Cl2NO3. The van der Waals surface area contributed by atoms with E-state index in [-0.39, 0.29) is 5.91 Å². The highest BCUT2D eigenvalue weighted by molar-refractivity contribution is 6.36. The van der Waals surface area contributed by atoms with E-state index in [4.69, 9.17) is 28.3 Å². The summed E-state index contributed by atoms with van der Waals surface area (Å²) in [6.07, 6.45) is 0. The molecule has 2 rings (SSSR count). The molecule has 6 heteroatoms. The van der Waals surface area contributed by atoms with Gasteiger partial charge in [-0.3, -0.25) is 9.59 Å². The number of aliphatic carboxylic acids is 1. The molecule has 0 radical (unpaired) electrons. The van der Waals surface area contributed by atoms with E-state index in [1.807, 2.05) is 0 Å². The molecule has 0 aromatic heterocycles. The molecule has 1 fully saturated rings. The van der Waals surface area contributed by atoms with Crippen LogP contribution in [-0.2, 0) is 9.59 Å². The van der Waals surface area contributed by atoms with Crippen LogP contribution in [0.25, 0.3) is 0 Å². The van der Waals surface area contributed by atoms with Crippen LogP contribution in [-0.4, -0.2) is 17.0 Å². The maximum absolute atomic E-state index is 12.1. The third-order valence-electron chi connectivity index (χ3n) is 3.56. The molecule has 1 aliphatic rings. The summed E-state index contributed by atoms with van der Waals surface area (Å²) >= 11 is 11.7. The largest absolute Gasteiger partial charge is 0.481 e. The van der Waals surface area contributed by atoms with Crippen LogP contribution in [0.5, 0.6) is 0 Å². The Morgan fingerprint density at radius 2 is 1.89 bits per heavy atom. The summed E-state index contributed by atoms with van der Waals surface area (Å²) in [5.41, 5.74) is -0.0997. The van der Waals surface area contributed by atoms with Crippen molar-refractivity contribution in [2.45, 2.75) is 13.8 Å². The van der Waals surface area contributed by atoms with Gasteiger partial charge in [0, 0.05) is 5.02 Å². The maximum Gasteiger partial charge on any atom is 0.307 e.